The molecule has 0 aromatic carbocycles. The Labute approximate surface area is 102 Å². The minimum atomic E-state index is -5.61. The lowest BCUT2D eigenvalue weighted by Crippen LogP contribution is -2.46. The topological polar surface area (TPSA) is 72.0 Å². The summed E-state index contributed by atoms with van der Waals surface area (Å²) in [6.07, 6.45) is -14.3. The van der Waals surface area contributed by atoms with Crippen molar-refractivity contribution < 1.29 is 31.1 Å². The molecule has 0 atom stereocenters. The van der Waals surface area contributed by atoms with Gasteiger partial charge in [-0.15, -0.1) is 0 Å². The number of halogens is 6. The van der Waals surface area contributed by atoms with Crippen molar-refractivity contribution in [2.24, 2.45) is 5.73 Å². The molecule has 10 heteroatoms. The lowest BCUT2D eigenvalue weighted by atomic mass is 10.3. The van der Waals surface area contributed by atoms with Crippen LogP contribution in [0.5, 0.6) is 5.75 Å². The van der Waals surface area contributed by atoms with Crippen molar-refractivity contribution in [3.05, 3.63) is 24.0 Å². The highest BCUT2D eigenvalue weighted by atomic mass is 19.4. The lowest BCUT2D eigenvalue weighted by Gasteiger charge is -2.23. The van der Waals surface area contributed by atoms with E-state index in [2.05, 4.69) is 9.72 Å². The summed E-state index contributed by atoms with van der Waals surface area (Å²) in [6.45, 7) is 0. The Morgan fingerprint density at radius 3 is 2.16 bits per heavy atom. The zero-order valence-electron chi connectivity index (χ0n) is 9.01. The average molecular weight is 287 g/mol. The predicted molar refractivity (Wildman–Crippen MR) is 51.8 cm³/mol. The first-order chi connectivity index (χ1) is 8.51. The molecule has 106 valence electrons. The number of amidine groups is 1. The number of aromatic nitrogens is 1. The molecule has 1 heterocycles. The minimum Gasteiger partial charge on any atom is -0.471 e. The van der Waals surface area contributed by atoms with Gasteiger partial charge in [-0.1, -0.05) is 0 Å². The minimum absolute atomic E-state index is 0.291. The molecule has 0 saturated carbocycles. The van der Waals surface area contributed by atoms with Gasteiger partial charge in [-0.05, 0) is 6.07 Å². The van der Waals surface area contributed by atoms with Crippen LogP contribution in [-0.4, -0.2) is 29.3 Å². The van der Waals surface area contributed by atoms with E-state index >= 15 is 0 Å². The Hall–Kier alpha value is -2.00. The van der Waals surface area contributed by atoms with E-state index < -0.39 is 30.0 Å². The van der Waals surface area contributed by atoms with Crippen LogP contribution in [0.2, 0.25) is 0 Å². The Morgan fingerprint density at radius 2 is 1.74 bits per heavy atom. The van der Waals surface area contributed by atoms with Gasteiger partial charge in [-0.2, -0.15) is 26.3 Å². The molecular weight excluding hydrogens is 280 g/mol. The fraction of sp³-hybridized carbons (Fsp3) is 0.333. The first-order valence-corrected chi connectivity index (χ1v) is 4.62. The molecule has 1 aromatic rings. The van der Waals surface area contributed by atoms with Crippen LogP contribution in [0.4, 0.5) is 26.3 Å². The number of nitrogens with two attached hydrogens (primary N) is 1. The molecule has 0 saturated heterocycles. The Bertz CT molecular complexity index is 456. The lowest BCUT2D eigenvalue weighted by molar-refractivity contribution is -0.299. The van der Waals surface area contributed by atoms with Gasteiger partial charge >= 0.3 is 12.4 Å². The molecule has 1 rings (SSSR count). The number of rotatable bonds is 3. The number of nitrogens with one attached hydrogen (secondary N) is 1. The highest BCUT2D eigenvalue weighted by Gasteiger charge is 2.59. The summed E-state index contributed by atoms with van der Waals surface area (Å²) in [5, 5.41) is 6.98. The molecule has 1 aromatic heterocycles. The number of hydrogen-bond acceptors (Lipinski definition) is 3. The quantitative estimate of drug-likeness (QED) is 0.509. The monoisotopic (exact) mass is 287 g/mol. The van der Waals surface area contributed by atoms with E-state index in [1.54, 1.807) is 0 Å². The summed E-state index contributed by atoms with van der Waals surface area (Å²) in [6, 6.07) is 1.52. The molecule has 4 nitrogen and oxygen atoms in total. The molecule has 3 N–H and O–H groups in total. The molecule has 0 radical (unpaired) electrons. The predicted octanol–water partition coefficient (Wildman–Crippen LogP) is 2.24. The SMILES string of the molecule is N=C(N)c1cc(OC(C(F)(F)F)C(F)(F)F)ccn1. The van der Waals surface area contributed by atoms with Crippen molar-refractivity contribution in [1.82, 2.24) is 4.98 Å². The van der Waals surface area contributed by atoms with Crippen LogP contribution >= 0.6 is 0 Å². The van der Waals surface area contributed by atoms with Gasteiger partial charge in [0.15, 0.2) is 0 Å². The largest absolute Gasteiger partial charge is 0.471 e. The maximum atomic E-state index is 12.2. The number of hydrogen-bond donors (Lipinski definition) is 2. The van der Waals surface area contributed by atoms with Gasteiger partial charge in [-0.25, -0.2) is 0 Å². The van der Waals surface area contributed by atoms with Crippen molar-refractivity contribution >= 4 is 5.84 Å². The molecule has 0 unspecified atom stereocenters. The van der Waals surface area contributed by atoms with Crippen LogP contribution in [0.3, 0.4) is 0 Å². The Balaban J connectivity index is 3.04. The fourth-order valence-corrected chi connectivity index (χ4v) is 1.09. The van der Waals surface area contributed by atoms with E-state index in [0.717, 1.165) is 12.3 Å². The smallest absolute Gasteiger partial charge is 0.434 e. The van der Waals surface area contributed by atoms with Gasteiger partial charge < -0.3 is 10.5 Å². The molecule has 0 bridgehead atoms. The Morgan fingerprint density at radius 1 is 1.21 bits per heavy atom. The molecule has 0 amide bonds. The number of nitrogens with zero attached hydrogens (tertiary/aromatic N) is 1. The van der Waals surface area contributed by atoms with Gasteiger partial charge in [0, 0.05) is 12.3 Å². The van der Waals surface area contributed by atoms with Crippen LogP contribution in [-0.2, 0) is 0 Å². The molecule has 0 aliphatic heterocycles. The molecule has 0 fully saturated rings. The summed E-state index contributed by atoms with van der Waals surface area (Å²) in [7, 11) is 0. The van der Waals surface area contributed by atoms with Gasteiger partial charge in [0.1, 0.15) is 17.3 Å². The van der Waals surface area contributed by atoms with E-state index in [-0.39, 0.29) is 5.69 Å². The van der Waals surface area contributed by atoms with E-state index in [1.165, 1.54) is 0 Å². The number of ether oxygens (including phenoxy) is 1. The van der Waals surface area contributed by atoms with E-state index in [4.69, 9.17) is 11.1 Å². The van der Waals surface area contributed by atoms with Crippen LogP contribution in [0, 0.1) is 5.41 Å². The summed E-state index contributed by atoms with van der Waals surface area (Å²) in [5.74, 6) is -1.35. The van der Waals surface area contributed by atoms with Crippen LogP contribution in [0.1, 0.15) is 5.69 Å². The first kappa shape index (κ1) is 15.1. The second kappa shape index (κ2) is 4.94. The first-order valence-electron chi connectivity index (χ1n) is 4.62. The van der Waals surface area contributed by atoms with E-state index in [0.29, 0.717) is 6.07 Å². The molecular formula is C9H7F6N3O. The number of nitrogen functional groups attached to an aromatic ring is 1. The third-order valence-corrected chi connectivity index (χ3v) is 1.86. The molecule has 19 heavy (non-hydrogen) atoms. The van der Waals surface area contributed by atoms with Gasteiger partial charge in [0.05, 0.1) is 0 Å². The van der Waals surface area contributed by atoms with Crippen molar-refractivity contribution in [2.75, 3.05) is 0 Å². The third kappa shape index (κ3) is 4.00. The van der Waals surface area contributed by atoms with Crippen molar-refractivity contribution in [2.45, 2.75) is 18.5 Å². The van der Waals surface area contributed by atoms with Crippen molar-refractivity contribution in [1.29, 1.82) is 5.41 Å². The maximum absolute atomic E-state index is 12.2. The summed E-state index contributed by atoms with van der Waals surface area (Å²) >= 11 is 0. The third-order valence-electron chi connectivity index (χ3n) is 1.86. The van der Waals surface area contributed by atoms with Crippen LogP contribution < -0.4 is 10.5 Å². The van der Waals surface area contributed by atoms with Crippen LogP contribution in [0.15, 0.2) is 18.3 Å². The van der Waals surface area contributed by atoms with Crippen molar-refractivity contribution in [3.63, 3.8) is 0 Å². The number of alkyl halides is 6. The Kier molecular flexibility index (Phi) is 3.91. The second-order valence-corrected chi connectivity index (χ2v) is 3.37. The highest BCUT2D eigenvalue weighted by Crippen LogP contribution is 2.36. The van der Waals surface area contributed by atoms with E-state index in [1.807, 2.05) is 0 Å². The highest BCUT2D eigenvalue weighted by molar-refractivity contribution is 5.93. The van der Waals surface area contributed by atoms with Crippen LogP contribution in [0.25, 0.3) is 0 Å². The maximum Gasteiger partial charge on any atom is 0.434 e. The molecule has 0 spiro atoms. The summed E-state index contributed by atoms with van der Waals surface area (Å²) < 4.78 is 77.3. The zero-order valence-corrected chi connectivity index (χ0v) is 9.01. The average Bonchev–Trinajstić information content (AvgIpc) is 2.23. The summed E-state index contributed by atoms with van der Waals surface area (Å²) in [4.78, 5) is 3.48. The fourth-order valence-electron chi connectivity index (χ4n) is 1.09. The van der Waals surface area contributed by atoms with Gasteiger partial charge in [0.25, 0.3) is 6.10 Å². The van der Waals surface area contributed by atoms with Crippen molar-refractivity contribution in [3.8, 4) is 5.75 Å². The van der Waals surface area contributed by atoms with Gasteiger partial charge in [0.2, 0.25) is 0 Å². The zero-order chi connectivity index (χ0) is 14.8. The van der Waals surface area contributed by atoms with Gasteiger partial charge in [-0.3, -0.25) is 10.4 Å². The molecule has 0 aliphatic rings. The normalized spacial score (nSPS) is 12.6. The standard InChI is InChI=1S/C9H7F6N3O/c10-8(11,12)7(9(13,14)15)19-4-1-2-18-5(3-4)6(16)17/h1-3,7H,(H3,16,17). The molecule has 0 aliphatic carbocycles. The number of pyridine rings is 1. The van der Waals surface area contributed by atoms with E-state index in [9.17, 15) is 26.3 Å². The second-order valence-electron chi connectivity index (χ2n) is 3.37. The summed E-state index contributed by atoms with van der Waals surface area (Å²) in [5.41, 5.74) is 4.71.